The maximum absolute atomic E-state index is 12.7. The summed E-state index contributed by atoms with van der Waals surface area (Å²) in [6.45, 7) is 9.79. The largest absolute Gasteiger partial charge is 0.351 e. The second-order valence-electron chi connectivity index (χ2n) is 8.42. The molecule has 0 atom stereocenters. The van der Waals surface area contributed by atoms with Crippen molar-refractivity contribution in [2.24, 2.45) is 0 Å². The van der Waals surface area contributed by atoms with Gasteiger partial charge in [0.25, 0.3) is 5.91 Å². The van der Waals surface area contributed by atoms with Crippen molar-refractivity contribution in [2.45, 2.75) is 26.7 Å². The third-order valence-electron chi connectivity index (χ3n) is 5.88. The number of aryl methyl sites for hydroxylation is 2. The SMILES string of the molecule is Cc1cc(C)cc(C(=O)N(C)CCCCN2CCN(c3nccn4ncnc34)CC2)c1. The molecule has 1 fully saturated rings. The monoisotopic (exact) mass is 421 g/mol. The number of hydrogen-bond acceptors (Lipinski definition) is 6. The Morgan fingerprint density at radius 3 is 2.52 bits per heavy atom. The van der Waals surface area contributed by atoms with E-state index < -0.39 is 0 Å². The maximum atomic E-state index is 12.7. The lowest BCUT2D eigenvalue weighted by Gasteiger charge is -2.35. The van der Waals surface area contributed by atoms with Gasteiger partial charge in [-0.15, -0.1) is 0 Å². The maximum Gasteiger partial charge on any atom is 0.253 e. The van der Waals surface area contributed by atoms with Crippen LogP contribution in [-0.4, -0.2) is 81.6 Å². The van der Waals surface area contributed by atoms with Gasteiger partial charge >= 0.3 is 0 Å². The van der Waals surface area contributed by atoms with Gasteiger partial charge in [0.1, 0.15) is 6.33 Å². The molecule has 8 nitrogen and oxygen atoms in total. The van der Waals surface area contributed by atoms with E-state index in [1.807, 2.05) is 44.1 Å². The standard InChI is InChI=1S/C23H31N7O/c1-18-14-19(2)16-20(15-18)23(31)27(3)7-4-5-8-28-10-12-29(13-11-28)21-22-25-17-26-30(22)9-6-24-21/h6,9,14-17H,4-5,7-8,10-13H2,1-3H3. The van der Waals surface area contributed by atoms with Gasteiger partial charge < -0.3 is 9.80 Å². The van der Waals surface area contributed by atoms with Crippen molar-refractivity contribution in [2.75, 3.05) is 51.2 Å². The normalized spacial score (nSPS) is 14.9. The quantitative estimate of drug-likeness (QED) is 0.546. The van der Waals surface area contributed by atoms with E-state index in [-0.39, 0.29) is 5.91 Å². The Labute approximate surface area is 183 Å². The van der Waals surface area contributed by atoms with Crippen LogP contribution in [0.4, 0.5) is 5.82 Å². The van der Waals surface area contributed by atoms with Gasteiger partial charge in [-0.05, 0) is 45.4 Å². The molecule has 31 heavy (non-hydrogen) atoms. The van der Waals surface area contributed by atoms with Gasteiger partial charge in [-0.1, -0.05) is 17.2 Å². The number of amides is 1. The lowest BCUT2D eigenvalue weighted by molar-refractivity contribution is 0.0791. The van der Waals surface area contributed by atoms with Gasteiger partial charge in [0.2, 0.25) is 0 Å². The second-order valence-corrected chi connectivity index (χ2v) is 8.42. The lowest BCUT2D eigenvalue weighted by atomic mass is 10.1. The number of unbranched alkanes of at least 4 members (excludes halogenated alkanes) is 1. The van der Waals surface area contributed by atoms with Crippen LogP contribution in [0, 0.1) is 13.8 Å². The number of hydrogen-bond donors (Lipinski definition) is 0. The molecule has 0 saturated carbocycles. The van der Waals surface area contributed by atoms with Gasteiger partial charge in [-0.2, -0.15) is 5.10 Å². The molecule has 1 amide bonds. The molecule has 1 saturated heterocycles. The molecule has 3 aromatic rings. The fourth-order valence-electron chi connectivity index (χ4n) is 4.25. The van der Waals surface area contributed by atoms with E-state index in [4.69, 9.17) is 0 Å². The van der Waals surface area contributed by atoms with Gasteiger partial charge in [0.05, 0.1) is 0 Å². The molecular weight excluding hydrogens is 390 g/mol. The highest BCUT2D eigenvalue weighted by atomic mass is 16.2. The third kappa shape index (κ3) is 5.02. The summed E-state index contributed by atoms with van der Waals surface area (Å²) >= 11 is 0. The number of fused-ring (bicyclic) bond motifs is 1. The van der Waals surface area contributed by atoms with Crippen LogP contribution in [0.25, 0.3) is 5.65 Å². The molecule has 0 N–H and O–H groups in total. The fraction of sp³-hybridized carbons (Fsp3) is 0.478. The predicted molar refractivity (Wildman–Crippen MR) is 122 cm³/mol. The van der Waals surface area contributed by atoms with E-state index in [1.165, 1.54) is 0 Å². The van der Waals surface area contributed by atoms with Crippen LogP contribution in [0.2, 0.25) is 0 Å². The van der Waals surface area contributed by atoms with Crippen LogP contribution in [0.15, 0.2) is 36.9 Å². The smallest absolute Gasteiger partial charge is 0.253 e. The Bertz CT molecular complexity index is 1020. The minimum Gasteiger partial charge on any atom is -0.351 e. The van der Waals surface area contributed by atoms with Crippen molar-refractivity contribution in [1.29, 1.82) is 0 Å². The number of carbonyl (C=O) groups excluding carboxylic acids is 1. The number of anilines is 1. The average Bonchev–Trinajstić information content (AvgIpc) is 3.25. The molecule has 2 aromatic heterocycles. The minimum absolute atomic E-state index is 0.107. The fourth-order valence-corrected chi connectivity index (χ4v) is 4.25. The van der Waals surface area contributed by atoms with Gasteiger partial charge in [-0.25, -0.2) is 14.5 Å². The zero-order valence-electron chi connectivity index (χ0n) is 18.7. The highest BCUT2D eigenvalue weighted by Crippen LogP contribution is 2.18. The van der Waals surface area contributed by atoms with Crippen LogP contribution in [-0.2, 0) is 0 Å². The Morgan fingerprint density at radius 2 is 1.77 bits per heavy atom. The highest BCUT2D eigenvalue weighted by Gasteiger charge is 2.20. The molecular formula is C23H31N7O. The molecule has 0 aliphatic carbocycles. The molecule has 1 aliphatic rings. The first-order valence-electron chi connectivity index (χ1n) is 11.0. The van der Waals surface area contributed by atoms with Crippen molar-refractivity contribution in [3.63, 3.8) is 0 Å². The van der Waals surface area contributed by atoms with E-state index in [1.54, 1.807) is 17.0 Å². The summed E-state index contributed by atoms with van der Waals surface area (Å²) in [5, 5.41) is 4.19. The summed E-state index contributed by atoms with van der Waals surface area (Å²) in [6.07, 6.45) is 7.26. The number of nitrogens with zero attached hydrogens (tertiary/aromatic N) is 7. The highest BCUT2D eigenvalue weighted by molar-refractivity contribution is 5.94. The second kappa shape index (κ2) is 9.43. The topological polar surface area (TPSA) is 69.9 Å². The van der Waals surface area contributed by atoms with E-state index in [9.17, 15) is 4.79 Å². The van der Waals surface area contributed by atoms with E-state index in [2.05, 4.69) is 30.9 Å². The summed E-state index contributed by atoms with van der Waals surface area (Å²) < 4.78 is 1.77. The van der Waals surface area contributed by atoms with Crippen molar-refractivity contribution in [1.82, 2.24) is 29.4 Å². The van der Waals surface area contributed by atoms with Crippen molar-refractivity contribution in [3.8, 4) is 0 Å². The summed E-state index contributed by atoms with van der Waals surface area (Å²) in [4.78, 5) is 28.2. The molecule has 0 bridgehead atoms. The molecule has 0 unspecified atom stereocenters. The average molecular weight is 422 g/mol. The number of carbonyl (C=O) groups is 1. The first-order valence-corrected chi connectivity index (χ1v) is 11.0. The molecule has 164 valence electrons. The van der Waals surface area contributed by atoms with Crippen LogP contribution in [0.3, 0.4) is 0 Å². The number of piperazine rings is 1. The Kier molecular flexibility index (Phi) is 6.46. The van der Waals surface area contributed by atoms with Crippen LogP contribution in [0.1, 0.15) is 34.3 Å². The van der Waals surface area contributed by atoms with Gasteiger partial charge in [0.15, 0.2) is 11.5 Å². The van der Waals surface area contributed by atoms with E-state index in [0.29, 0.717) is 0 Å². The molecule has 4 rings (SSSR count). The lowest BCUT2D eigenvalue weighted by Crippen LogP contribution is -2.47. The zero-order valence-corrected chi connectivity index (χ0v) is 18.7. The summed E-state index contributed by atoms with van der Waals surface area (Å²) in [5.41, 5.74) is 3.86. The van der Waals surface area contributed by atoms with Crippen LogP contribution in [0.5, 0.6) is 0 Å². The van der Waals surface area contributed by atoms with Crippen LogP contribution >= 0.6 is 0 Å². The number of rotatable bonds is 7. The summed E-state index contributed by atoms with van der Waals surface area (Å²) in [7, 11) is 1.90. The Morgan fingerprint density at radius 1 is 1.03 bits per heavy atom. The van der Waals surface area contributed by atoms with Gasteiger partial charge in [0, 0.05) is 57.7 Å². The first kappa shape index (κ1) is 21.2. The van der Waals surface area contributed by atoms with Crippen molar-refractivity contribution >= 4 is 17.4 Å². The van der Waals surface area contributed by atoms with E-state index >= 15 is 0 Å². The number of benzene rings is 1. The van der Waals surface area contributed by atoms with Crippen LogP contribution < -0.4 is 4.90 Å². The molecule has 3 heterocycles. The molecule has 1 aliphatic heterocycles. The molecule has 0 spiro atoms. The van der Waals surface area contributed by atoms with Gasteiger partial charge in [-0.3, -0.25) is 9.69 Å². The Balaban J connectivity index is 1.20. The molecule has 8 heteroatoms. The Hall–Kier alpha value is -3.00. The van der Waals surface area contributed by atoms with E-state index in [0.717, 1.165) is 80.3 Å². The van der Waals surface area contributed by atoms with Crippen molar-refractivity contribution in [3.05, 3.63) is 53.6 Å². The number of aromatic nitrogens is 4. The first-order chi connectivity index (χ1) is 15.0. The summed E-state index contributed by atoms with van der Waals surface area (Å²) in [5.74, 6) is 1.02. The summed E-state index contributed by atoms with van der Waals surface area (Å²) in [6, 6.07) is 6.04. The molecule has 0 radical (unpaired) electrons. The minimum atomic E-state index is 0.107. The zero-order chi connectivity index (χ0) is 21.8. The molecule has 1 aromatic carbocycles. The van der Waals surface area contributed by atoms with Crippen molar-refractivity contribution < 1.29 is 4.79 Å². The third-order valence-corrected chi connectivity index (χ3v) is 5.88. The predicted octanol–water partition coefficient (Wildman–Crippen LogP) is 2.42.